The molecule has 3 aromatic rings. The first-order valence-corrected chi connectivity index (χ1v) is 9.34. The molecular weight excluding hydrogens is 350 g/mol. The van der Waals surface area contributed by atoms with Crippen molar-refractivity contribution in [2.75, 3.05) is 11.4 Å². The average molecular weight is 371 g/mol. The number of benzene rings is 2. The lowest BCUT2D eigenvalue weighted by atomic mass is 10.0. The van der Waals surface area contributed by atoms with Gasteiger partial charge >= 0.3 is 0 Å². The third-order valence-electron chi connectivity index (χ3n) is 4.97. The molecule has 1 aliphatic heterocycles. The summed E-state index contributed by atoms with van der Waals surface area (Å²) in [5, 5.41) is 3.10. The summed E-state index contributed by atoms with van der Waals surface area (Å²) < 4.78 is 0. The number of amides is 2. The Balaban J connectivity index is 1.53. The molecule has 1 aromatic heterocycles. The van der Waals surface area contributed by atoms with E-state index in [1.165, 1.54) is 0 Å². The molecule has 1 fully saturated rings. The first kappa shape index (κ1) is 17.9. The monoisotopic (exact) mass is 371 g/mol. The van der Waals surface area contributed by atoms with Crippen LogP contribution in [0.3, 0.4) is 0 Å². The minimum atomic E-state index is -0.386. The number of carbonyl (C=O) groups excluding carboxylic acids is 2. The Morgan fingerprint density at radius 2 is 1.64 bits per heavy atom. The van der Waals surface area contributed by atoms with Gasteiger partial charge in [0.1, 0.15) is 0 Å². The molecule has 0 aliphatic carbocycles. The van der Waals surface area contributed by atoms with E-state index in [0.717, 1.165) is 16.9 Å². The summed E-state index contributed by atoms with van der Waals surface area (Å²) in [7, 11) is 0. The molecule has 2 atom stereocenters. The fourth-order valence-electron chi connectivity index (χ4n) is 3.52. The van der Waals surface area contributed by atoms with Gasteiger partial charge in [0.2, 0.25) is 11.8 Å². The van der Waals surface area contributed by atoms with E-state index in [2.05, 4.69) is 10.3 Å². The van der Waals surface area contributed by atoms with E-state index >= 15 is 0 Å². The van der Waals surface area contributed by atoms with Crippen molar-refractivity contribution < 1.29 is 9.59 Å². The van der Waals surface area contributed by atoms with Crippen LogP contribution in [0.15, 0.2) is 85.1 Å². The maximum atomic E-state index is 13.0. The van der Waals surface area contributed by atoms with E-state index < -0.39 is 0 Å². The molecule has 1 saturated heterocycles. The fraction of sp³-hybridized carbons (Fsp3) is 0.174. The molecule has 2 amide bonds. The molecule has 1 aliphatic rings. The number of hydrogen-bond acceptors (Lipinski definition) is 3. The first-order chi connectivity index (χ1) is 13.7. The standard InChI is InChI=1S/C23H21N3O2/c27-21-15-18(16-26(21)19-11-5-2-6-12-19)23(28)25-22(17-9-3-1-4-10-17)20-13-7-8-14-24-20/h1-14,18,22H,15-16H2,(H,25,28). The van der Waals surface area contributed by atoms with E-state index in [1.807, 2.05) is 78.9 Å². The van der Waals surface area contributed by atoms with Crippen molar-refractivity contribution in [2.45, 2.75) is 12.5 Å². The molecule has 1 N–H and O–H groups in total. The lowest BCUT2D eigenvalue weighted by molar-refractivity contribution is -0.126. The summed E-state index contributed by atoms with van der Waals surface area (Å²) in [5.41, 5.74) is 2.55. The Morgan fingerprint density at radius 3 is 2.32 bits per heavy atom. The highest BCUT2D eigenvalue weighted by Crippen LogP contribution is 2.27. The van der Waals surface area contributed by atoms with Gasteiger partial charge in [0.25, 0.3) is 0 Å². The largest absolute Gasteiger partial charge is 0.343 e. The lowest BCUT2D eigenvalue weighted by Crippen LogP contribution is -2.36. The molecule has 4 rings (SSSR count). The number of rotatable bonds is 5. The van der Waals surface area contributed by atoms with E-state index in [4.69, 9.17) is 0 Å². The smallest absolute Gasteiger partial charge is 0.227 e. The third-order valence-corrected chi connectivity index (χ3v) is 4.97. The van der Waals surface area contributed by atoms with Crippen molar-refractivity contribution in [3.8, 4) is 0 Å². The molecule has 2 aromatic carbocycles. The van der Waals surface area contributed by atoms with E-state index in [-0.39, 0.29) is 30.2 Å². The Bertz CT molecular complexity index is 906. The Labute approximate surface area is 164 Å². The van der Waals surface area contributed by atoms with Crippen LogP contribution >= 0.6 is 0 Å². The van der Waals surface area contributed by atoms with Crippen LogP contribution in [0.4, 0.5) is 5.69 Å². The zero-order valence-corrected chi connectivity index (χ0v) is 15.4. The number of aromatic nitrogens is 1. The Hall–Kier alpha value is -3.47. The molecule has 140 valence electrons. The van der Waals surface area contributed by atoms with Crippen molar-refractivity contribution in [1.29, 1.82) is 0 Å². The maximum absolute atomic E-state index is 13.0. The topological polar surface area (TPSA) is 62.3 Å². The summed E-state index contributed by atoms with van der Waals surface area (Å²) in [4.78, 5) is 31.6. The van der Waals surface area contributed by atoms with Crippen molar-refractivity contribution in [3.63, 3.8) is 0 Å². The van der Waals surface area contributed by atoms with Crippen LogP contribution in [0.2, 0.25) is 0 Å². The predicted molar refractivity (Wildman–Crippen MR) is 108 cm³/mol. The van der Waals surface area contributed by atoms with Crippen molar-refractivity contribution in [3.05, 3.63) is 96.3 Å². The van der Waals surface area contributed by atoms with Gasteiger partial charge in [-0.3, -0.25) is 14.6 Å². The van der Waals surface area contributed by atoms with Crippen molar-refractivity contribution in [1.82, 2.24) is 10.3 Å². The number of anilines is 1. The second-order valence-electron chi connectivity index (χ2n) is 6.85. The number of hydrogen-bond donors (Lipinski definition) is 1. The molecule has 0 bridgehead atoms. The molecule has 28 heavy (non-hydrogen) atoms. The SMILES string of the molecule is O=C(NC(c1ccccc1)c1ccccn1)C1CC(=O)N(c2ccccc2)C1. The second-order valence-corrected chi connectivity index (χ2v) is 6.85. The average Bonchev–Trinajstić information content (AvgIpc) is 3.15. The first-order valence-electron chi connectivity index (χ1n) is 9.34. The van der Waals surface area contributed by atoms with Crippen molar-refractivity contribution >= 4 is 17.5 Å². The van der Waals surface area contributed by atoms with Crippen LogP contribution in [0, 0.1) is 5.92 Å². The minimum absolute atomic E-state index is 0.0274. The number of nitrogens with one attached hydrogen (secondary N) is 1. The van der Waals surface area contributed by atoms with Gasteiger partial charge in [0.15, 0.2) is 0 Å². The lowest BCUT2D eigenvalue weighted by Gasteiger charge is -2.21. The van der Waals surface area contributed by atoms with Gasteiger partial charge in [-0.1, -0.05) is 54.6 Å². The highest BCUT2D eigenvalue weighted by Gasteiger charge is 2.36. The molecule has 2 heterocycles. The normalized spacial score (nSPS) is 17.4. The van der Waals surface area contributed by atoms with Crippen LogP contribution in [0.5, 0.6) is 0 Å². The zero-order valence-electron chi connectivity index (χ0n) is 15.4. The zero-order chi connectivity index (χ0) is 19.3. The molecule has 0 spiro atoms. The predicted octanol–water partition coefficient (Wildman–Crippen LogP) is 3.34. The third kappa shape index (κ3) is 3.78. The summed E-state index contributed by atoms with van der Waals surface area (Å²) >= 11 is 0. The Morgan fingerprint density at radius 1 is 0.964 bits per heavy atom. The molecule has 0 saturated carbocycles. The number of pyridine rings is 1. The van der Waals surface area contributed by atoms with Gasteiger partial charge in [-0.05, 0) is 29.8 Å². The van der Waals surface area contributed by atoms with E-state index in [9.17, 15) is 9.59 Å². The van der Waals surface area contributed by atoms with Gasteiger partial charge in [-0.2, -0.15) is 0 Å². The van der Waals surface area contributed by atoms with E-state index in [1.54, 1.807) is 11.1 Å². The fourth-order valence-corrected chi connectivity index (χ4v) is 3.52. The van der Waals surface area contributed by atoms with Crippen LogP contribution in [0.25, 0.3) is 0 Å². The van der Waals surface area contributed by atoms with Gasteiger partial charge < -0.3 is 10.2 Å². The quantitative estimate of drug-likeness (QED) is 0.748. The second kappa shape index (κ2) is 8.05. The van der Waals surface area contributed by atoms with Crippen LogP contribution < -0.4 is 10.2 Å². The summed E-state index contributed by atoms with van der Waals surface area (Å²) in [5.74, 6) is -0.547. The van der Waals surface area contributed by atoms with Crippen LogP contribution in [0.1, 0.15) is 23.7 Å². The molecule has 2 unspecified atom stereocenters. The van der Waals surface area contributed by atoms with Gasteiger partial charge in [0.05, 0.1) is 17.7 Å². The number of para-hydroxylation sites is 1. The summed E-state index contributed by atoms with van der Waals surface area (Å²) in [6.45, 7) is 0.387. The highest BCUT2D eigenvalue weighted by molar-refractivity contribution is 6.00. The van der Waals surface area contributed by atoms with Crippen LogP contribution in [-0.4, -0.2) is 23.3 Å². The molecular formula is C23H21N3O2. The number of nitrogens with zero attached hydrogens (tertiary/aromatic N) is 2. The maximum Gasteiger partial charge on any atom is 0.227 e. The van der Waals surface area contributed by atoms with Crippen molar-refractivity contribution in [2.24, 2.45) is 5.92 Å². The van der Waals surface area contributed by atoms with Gasteiger partial charge in [0, 0.05) is 24.8 Å². The molecule has 5 heteroatoms. The molecule has 5 nitrogen and oxygen atoms in total. The number of carbonyl (C=O) groups is 2. The minimum Gasteiger partial charge on any atom is -0.343 e. The highest BCUT2D eigenvalue weighted by atomic mass is 16.2. The van der Waals surface area contributed by atoms with Gasteiger partial charge in [-0.15, -0.1) is 0 Å². The van der Waals surface area contributed by atoms with E-state index in [0.29, 0.717) is 6.54 Å². The summed E-state index contributed by atoms with van der Waals surface area (Å²) in [6.07, 6.45) is 1.93. The van der Waals surface area contributed by atoms with Crippen LogP contribution in [-0.2, 0) is 9.59 Å². The van der Waals surface area contributed by atoms with Gasteiger partial charge in [-0.25, -0.2) is 0 Å². The molecule has 0 radical (unpaired) electrons. The Kier molecular flexibility index (Phi) is 5.15. The summed E-state index contributed by atoms with van der Waals surface area (Å²) in [6, 6.07) is 24.5.